The van der Waals surface area contributed by atoms with E-state index in [9.17, 15) is 43.5 Å². The Morgan fingerprint density at radius 1 is 0.333 bits per heavy atom. The molecule has 0 aliphatic carbocycles. The van der Waals surface area contributed by atoms with E-state index < -0.39 is 91.5 Å². The van der Waals surface area contributed by atoms with Crippen LogP contribution in [0.3, 0.4) is 0 Å². The maximum Gasteiger partial charge on any atom is 0.472 e. The topological polar surface area (TPSA) is 231 Å². The van der Waals surface area contributed by atoms with E-state index in [2.05, 4.69) is 142 Å². The lowest BCUT2D eigenvalue weighted by Crippen LogP contribution is -2.30. The second-order valence-electron chi connectivity index (χ2n) is 21.5. The molecule has 0 rings (SSSR count). The molecule has 4 N–H and O–H groups in total. The fourth-order valence-electron chi connectivity index (χ4n) is 8.21. The van der Waals surface area contributed by atoms with Gasteiger partial charge in [0.25, 0.3) is 0 Å². The summed E-state index contributed by atoms with van der Waals surface area (Å²) < 4.78 is 60.7. The first-order valence-electron chi connectivity index (χ1n) is 32.8. The van der Waals surface area contributed by atoms with Crippen LogP contribution in [-0.2, 0) is 55.8 Å². The second-order valence-corrected chi connectivity index (χ2v) is 24.4. The number of hydrogen-bond acceptors (Lipinski definition) is 14. The third kappa shape index (κ3) is 63.3. The zero-order valence-corrected chi connectivity index (χ0v) is 55.4. The van der Waals surface area contributed by atoms with Crippen molar-refractivity contribution in [2.75, 3.05) is 39.6 Å². The number of carbonyl (C=O) groups is 3. The molecule has 0 heterocycles. The van der Waals surface area contributed by atoms with E-state index in [1.807, 2.05) is 0 Å². The van der Waals surface area contributed by atoms with Gasteiger partial charge in [-0.1, -0.05) is 232 Å². The van der Waals surface area contributed by atoms with Crippen molar-refractivity contribution in [1.29, 1.82) is 0 Å². The van der Waals surface area contributed by atoms with Gasteiger partial charge >= 0.3 is 33.6 Å². The average Bonchev–Trinajstić information content (AvgIpc) is 3.63. The Kier molecular flexibility index (Phi) is 59.3. The monoisotopic (exact) mass is 1260 g/mol. The van der Waals surface area contributed by atoms with E-state index in [1.165, 1.54) is 51.4 Å². The molecular weight excluding hydrogens is 1150 g/mol. The van der Waals surface area contributed by atoms with Gasteiger partial charge in [-0.05, 0) is 109 Å². The van der Waals surface area contributed by atoms with Crippen LogP contribution in [-0.4, -0.2) is 95.9 Å². The fraction of sp³-hybridized carbons (Fsp3) is 0.667. The summed E-state index contributed by atoms with van der Waals surface area (Å²) >= 11 is 0. The van der Waals surface area contributed by atoms with Crippen molar-refractivity contribution in [3.05, 3.63) is 122 Å². The molecule has 18 heteroatoms. The predicted octanol–water partition coefficient (Wildman–Crippen LogP) is 17.9. The lowest BCUT2D eigenvalue weighted by atomic mass is 10.0. The zero-order valence-electron chi connectivity index (χ0n) is 53.6. The SMILES string of the molecule is CC/C=C\C/C=C\C/C=C\C/C=C\C/C=C\CCCCCC(=O)OCC(O)COP(=O)(O)OCC(O)COP(=O)(O)OCC(COC(=O)CCCCC/C=C\C/C=C\C/C=C\C/C=C\C/C=C\CC)OC(=O)CCCCCCCCCCCCCCC. The number of rotatable bonds is 61. The molecular formula is C69H116O16P2. The van der Waals surface area contributed by atoms with Gasteiger partial charge in [-0.2, -0.15) is 0 Å². The number of hydrogen-bond donors (Lipinski definition) is 4. The van der Waals surface area contributed by atoms with Gasteiger partial charge in [0.2, 0.25) is 0 Å². The third-order valence-electron chi connectivity index (χ3n) is 13.2. The number of aliphatic hydroxyl groups excluding tert-OH is 2. The normalized spacial score (nSPS) is 15.1. The summed E-state index contributed by atoms with van der Waals surface area (Å²) in [5.41, 5.74) is 0. The molecule has 0 saturated carbocycles. The number of unbranched alkanes of at least 4 members (excludes halogenated alkanes) is 18. The highest BCUT2D eigenvalue weighted by Gasteiger charge is 2.29. The lowest BCUT2D eigenvalue weighted by molar-refractivity contribution is -0.161. The first-order chi connectivity index (χ1) is 42.2. The Morgan fingerprint density at radius 3 is 0.966 bits per heavy atom. The quantitative estimate of drug-likeness (QED) is 0.0146. The van der Waals surface area contributed by atoms with Crippen molar-refractivity contribution >= 4 is 33.6 Å². The van der Waals surface area contributed by atoms with Crippen LogP contribution < -0.4 is 0 Å². The maximum atomic E-state index is 12.9. The molecule has 0 aromatic carbocycles. The summed E-state index contributed by atoms with van der Waals surface area (Å²) in [6, 6.07) is 0. The summed E-state index contributed by atoms with van der Waals surface area (Å²) in [7, 11) is -9.79. The molecule has 0 spiro atoms. The fourth-order valence-corrected chi connectivity index (χ4v) is 9.80. The number of phosphoric acid groups is 2. The van der Waals surface area contributed by atoms with Crippen LogP contribution in [0.25, 0.3) is 0 Å². The standard InChI is InChI=1S/C69H116O16P2/c1-4-7-10-13-16-19-22-25-27-29-31-33-35-38-40-43-46-49-52-55-67(72)79-58-64(70)59-81-86(75,76)82-60-65(71)61-83-87(77,78)84-63-66(85-69(74)57-54-51-48-45-42-37-24-21-18-15-12-9-6-3)62-80-68(73)56-53-50-47-44-41-39-36-34-32-30-28-26-23-20-17-14-11-8-5-2/h7-8,10-11,16-17,19-20,25-28,31-34,38-41,64-66,70-71H,4-6,9,12-15,18,21-24,29-30,35-37,42-63H2,1-3H3,(H,75,76)(H,77,78)/b10-7-,11-8-,19-16-,20-17-,27-25-,28-26-,33-31-,34-32-,40-38-,41-39-. The smallest absolute Gasteiger partial charge is 0.463 e. The highest BCUT2D eigenvalue weighted by atomic mass is 31.2. The minimum atomic E-state index is -4.93. The number of aliphatic hydroxyl groups is 2. The molecule has 0 aliphatic heterocycles. The van der Waals surface area contributed by atoms with Crippen molar-refractivity contribution in [3.8, 4) is 0 Å². The summed E-state index contributed by atoms with van der Waals surface area (Å²) in [6.07, 6.45) is 69.7. The number of allylic oxidation sites excluding steroid dienone is 20. The van der Waals surface area contributed by atoms with Crippen LogP contribution in [0.5, 0.6) is 0 Å². The summed E-state index contributed by atoms with van der Waals surface area (Å²) in [4.78, 5) is 58.3. The van der Waals surface area contributed by atoms with Gasteiger partial charge in [0.05, 0.1) is 26.4 Å². The van der Waals surface area contributed by atoms with Crippen molar-refractivity contribution in [2.45, 2.75) is 257 Å². The molecule has 0 radical (unpaired) electrons. The average molecular weight is 1260 g/mol. The van der Waals surface area contributed by atoms with Gasteiger partial charge in [0, 0.05) is 19.3 Å². The van der Waals surface area contributed by atoms with Crippen LogP contribution in [0.1, 0.15) is 239 Å². The molecule has 498 valence electrons. The highest BCUT2D eigenvalue weighted by molar-refractivity contribution is 7.47. The molecule has 0 aromatic heterocycles. The van der Waals surface area contributed by atoms with Crippen molar-refractivity contribution in [2.24, 2.45) is 0 Å². The Morgan fingerprint density at radius 2 is 0.609 bits per heavy atom. The first kappa shape index (κ1) is 83.0. The van der Waals surface area contributed by atoms with Gasteiger partial charge in [0.15, 0.2) is 6.10 Å². The van der Waals surface area contributed by atoms with Crippen molar-refractivity contribution < 1.29 is 75.8 Å². The maximum absolute atomic E-state index is 12.9. The molecule has 0 aliphatic rings. The minimum Gasteiger partial charge on any atom is -0.463 e. The lowest BCUT2D eigenvalue weighted by Gasteiger charge is -2.21. The van der Waals surface area contributed by atoms with E-state index >= 15 is 0 Å². The highest BCUT2D eigenvalue weighted by Crippen LogP contribution is 2.45. The van der Waals surface area contributed by atoms with Crippen LogP contribution in [0.15, 0.2) is 122 Å². The van der Waals surface area contributed by atoms with Crippen LogP contribution >= 0.6 is 15.6 Å². The van der Waals surface area contributed by atoms with Gasteiger partial charge in [0.1, 0.15) is 25.4 Å². The Hall–Kier alpha value is -4.05. The third-order valence-corrected chi connectivity index (χ3v) is 15.1. The molecule has 5 atom stereocenters. The van der Waals surface area contributed by atoms with Gasteiger partial charge in [-0.3, -0.25) is 32.5 Å². The number of esters is 3. The van der Waals surface area contributed by atoms with Crippen LogP contribution in [0, 0.1) is 0 Å². The second kappa shape index (κ2) is 62.2. The van der Waals surface area contributed by atoms with Gasteiger partial charge in [-0.15, -0.1) is 0 Å². The molecule has 16 nitrogen and oxygen atoms in total. The van der Waals surface area contributed by atoms with E-state index in [0.717, 1.165) is 128 Å². The van der Waals surface area contributed by atoms with E-state index in [1.54, 1.807) is 0 Å². The number of phosphoric ester groups is 2. The van der Waals surface area contributed by atoms with E-state index in [4.69, 9.17) is 32.3 Å². The molecule has 0 aromatic rings. The summed E-state index contributed by atoms with van der Waals surface area (Å²) in [5, 5.41) is 20.5. The molecule has 5 unspecified atom stereocenters. The Labute approximate surface area is 525 Å². The number of carbonyl (C=O) groups excluding carboxylic acids is 3. The Balaban J connectivity index is 4.73. The number of ether oxygens (including phenoxy) is 3. The molecule has 0 fully saturated rings. The minimum absolute atomic E-state index is 0.0960. The van der Waals surface area contributed by atoms with Crippen molar-refractivity contribution in [1.82, 2.24) is 0 Å². The largest absolute Gasteiger partial charge is 0.472 e. The van der Waals surface area contributed by atoms with Crippen LogP contribution in [0.2, 0.25) is 0 Å². The molecule has 0 saturated heterocycles. The van der Waals surface area contributed by atoms with E-state index in [0.29, 0.717) is 19.3 Å². The van der Waals surface area contributed by atoms with Gasteiger partial charge in [-0.25, -0.2) is 9.13 Å². The van der Waals surface area contributed by atoms with Crippen LogP contribution in [0.4, 0.5) is 0 Å². The zero-order chi connectivity index (χ0) is 63.8. The van der Waals surface area contributed by atoms with E-state index in [-0.39, 0.29) is 19.3 Å². The predicted molar refractivity (Wildman–Crippen MR) is 353 cm³/mol. The molecule has 0 bridgehead atoms. The first-order valence-corrected chi connectivity index (χ1v) is 35.8. The molecule has 0 amide bonds. The van der Waals surface area contributed by atoms with Crippen molar-refractivity contribution in [3.63, 3.8) is 0 Å². The summed E-state index contributed by atoms with van der Waals surface area (Å²) in [6.45, 7) is 2.34. The van der Waals surface area contributed by atoms with Gasteiger partial charge < -0.3 is 34.2 Å². The summed E-state index contributed by atoms with van der Waals surface area (Å²) in [5.74, 6) is -1.65. The Bertz CT molecular complexity index is 2070. The molecule has 87 heavy (non-hydrogen) atoms.